The lowest BCUT2D eigenvalue weighted by Gasteiger charge is -2.23. The Balaban J connectivity index is 1.33. The molecule has 0 radical (unpaired) electrons. The zero-order valence-electron chi connectivity index (χ0n) is 55.2. The van der Waals surface area contributed by atoms with Crippen molar-refractivity contribution in [3.05, 3.63) is 29.8 Å². The third-order valence-corrected chi connectivity index (χ3v) is 17.5. The van der Waals surface area contributed by atoms with Gasteiger partial charge in [-0.05, 0) is 64.7 Å². The Morgan fingerprint density at radius 1 is 0.521 bits per heavy atom. The molecule has 0 saturated carbocycles. The summed E-state index contributed by atoms with van der Waals surface area (Å²) in [4.78, 5) is 189. The topological polar surface area (TPSA) is 418 Å². The van der Waals surface area contributed by atoms with Gasteiger partial charge in [-0.25, -0.2) is 0 Å². The molecule has 1 aromatic carbocycles. The van der Waals surface area contributed by atoms with Crippen LogP contribution in [0, 0.1) is 11.3 Å². The minimum atomic E-state index is -2.36. The number of rotatable bonds is 57. The number of hydrogen-bond donors (Lipinski definition) is 6. The second-order valence-corrected chi connectivity index (χ2v) is 24.5. The number of nitrogens with one attached hydrogen (secondary N) is 6. The Bertz CT molecular complexity index is 2740. The summed E-state index contributed by atoms with van der Waals surface area (Å²) < 4.78 is 47.8. The van der Waals surface area contributed by atoms with E-state index < -0.39 is 107 Å². The molecule has 1 aromatic rings. The molecule has 0 aliphatic carbocycles. The number of imide groups is 1. The summed E-state index contributed by atoms with van der Waals surface area (Å²) in [5, 5.41) is 15.7. The lowest BCUT2D eigenvalue weighted by Crippen LogP contribution is -2.51. The minimum Gasteiger partial charge on any atom is -0.379 e. The summed E-state index contributed by atoms with van der Waals surface area (Å²) in [6, 6.07) is 6.69. The first kappa shape index (κ1) is 83.2. The molecule has 2 saturated heterocycles. The van der Waals surface area contributed by atoms with E-state index in [1.807, 2.05) is 0 Å². The summed E-state index contributed by atoms with van der Waals surface area (Å²) in [5.41, 5.74) is -1.14. The van der Waals surface area contributed by atoms with Crippen LogP contribution in [0.1, 0.15) is 78.2 Å². The van der Waals surface area contributed by atoms with Gasteiger partial charge in [0, 0.05) is 83.5 Å². The van der Waals surface area contributed by atoms with Crippen molar-refractivity contribution < 1.29 is 115 Å². The van der Waals surface area contributed by atoms with Crippen molar-refractivity contribution in [1.82, 2.24) is 36.4 Å². The average Bonchev–Trinajstić information content (AvgIpc) is 1.47. The maximum absolute atomic E-state index is 13.5. The fourth-order valence-electron chi connectivity index (χ4n) is 9.20. The SMILES string of the molecule is CNC(=O)CCNC(=O)CCc1ccc(NC(=O)COCC(=O)N(CC(=O)NCCOCCOCCOCCOCCC(=O)C2(C(C)=O)SS2)CC(=O)NCCN2C(=O)CC(CCCC(=O)NCCOCCOCCOCCOCC(=O)C(C(C)=O)(C(C)=O)C(C)=O)C2=O)cc1. The summed E-state index contributed by atoms with van der Waals surface area (Å²) in [6.07, 6.45) is 1.46. The number of likely N-dealkylation sites (tertiary alicyclic amines) is 1. The number of anilines is 1. The van der Waals surface area contributed by atoms with Gasteiger partial charge >= 0.3 is 0 Å². The van der Waals surface area contributed by atoms with E-state index in [-0.39, 0.29) is 200 Å². The van der Waals surface area contributed by atoms with E-state index in [4.69, 9.17) is 42.6 Å². The zero-order valence-corrected chi connectivity index (χ0v) is 56.9. The van der Waals surface area contributed by atoms with Gasteiger partial charge in [-0.15, -0.1) is 0 Å². The van der Waals surface area contributed by atoms with Crippen molar-refractivity contribution in [3.63, 3.8) is 0 Å². The maximum Gasteiger partial charge on any atom is 0.250 e. The quantitative estimate of drug-likeness (QED) is 0.0144. The van der Waals surface area contributed by atoms with Crippen molar-refractivity contribution in [2.75, 3.05) is 177 Å². The average molecular weight is 1400 g/mol. The summed E-state index contributed by atoms with van der Waals surface area (Å²) in [7, 11) is 4.03. The second-order valence-electron chi connectivity index (χ2n) is 21.7. The van der Waals surface area contributed by atoms with Gasteiger partial charge in [0.15, 0.2) is 38.8 Å². The molecule has 0 bridgehead atoms. The molecule has 32 nitrogen and oxygen atoms in total. The van der Waals surface area contributed by atoms with Crippen LogP contribution in [0.5, 0.6) is 0 Å². The van der Waals surface area contributed by atoms with E-state index in [1.54, 1.807) is 24.3 Å². The molecule has 34 heteroatoms. The third-order valence-electron chi connectivity index (χ3n) is 14.4. The monoisotopic (exact) mass is 1400 g/mol. The summed E-state index contributed by atoms with van der Waals surface area (Å²) >= 11 is 0. The number of carbonyl (C=O) groups excluding carboxylic acids is 15. The van der Waals surface area contributed by atoms with Gasteiger partial charge in [0.05, 0.1) is 99.1 Å². The molecule has 536 valence electrons. The Morgan fingerprint density at radius 3 is 1.51 bits per heavy atom. The van der Waals surface area contributed by atoms with Gasteiger partial charge in [-0.2, -0.15) is 0 Å². The number of ether oxygens (including phenoxy) is 9. The number of ketones is 6. The molecular formula is C62H92N8O24S2. The first-order valence-corrected chi connectivity index (χ1v) is 33.6. The van der Waals surface area contributed by atoms with E-state index in [1.165, 1.54) is 35.6 Å². The standard InChI is InChI=1S/C62H92N8O24S2/c1-43(71)61(44(2)72,45(3)73)51(76)40-93-36-35-92-34-33-91-29-26-87-23-19-66-53(78)8-6-7-48-37-58(83)70(60(48)85)21-18-65-55(80)38-69(59(84)42-94-41-57(82)68-49-12-9-47(10-13-49)11-14-54(79)64-17-15-52(77)63-5)39-56(81)67-20-24-88-27-30-90-32-31-89-28-25-86-22-16-50(75)62(46(4)74)95-96-62/h9-10,12-13,48H,6-8,11,14-42H2,1-5H3,(H,63,77)(H,64,79)(H,65,80)(H,66,78)(H,67,81)(H,68,82). The molecule has 2 aliphatic heterocycles. The number of aryl methyl sites for hydroxylation is 1. The molecule has 2 fully saturated rings. The summed E-state index contributed by atoms with van der Waals surface area (Å²) in [5.74, 6) is -8.95. The molecule has 0 aromatic heterocycles. The van der Waals surface area contributed by atoms with Crippen molar-refractivity contribution in [1.29, 1.82) is 0 Å². The van der Waals surface area contributed by atoms with Gasteiger partial charge in [-0.1, -0.05) is 33.7 Å². The Kier molecular flexibility index (Phi) is 40.8. The van der Waals surface area contributed by atoms with Crippen molar-refractivity contribution in [2.45, 2.75) is 83.1 Å². The molecule has 0 spiro atoms. The molecule has 1 unspecified atom stereocenters. The van der Waals surface area contributed by atoms with E-state index in [9.17, 15) is 71.9 Å². The number of benzene rings is 1. The van der Waals surface area contributed by atoms with Crippen molar-refractivity contribution in [3.8, 4) is 0 Å². The van der Waals surface area contributed by atoms with Crippen molar-refractivity contribution in [2.24, 2.45) is 11.3 Å². The van der Waals surface area contributed by atoms with Crippen LogP contribution in [-0.2, 0) is 121 Å². The number of amides is 9. The van der Waals surface area contributed by atoms with Gasteiger partial charge in [-0.3, -0.25) is 76.8 Å². The highest BCUT2D eigenvalue weighted by Crippen LogP contribution is 2.66. The largest absolute Gasteiger partial charge is 0.379 e. The molecule has 2 heterocycles. The third kappa shape index (κ3) is 31.9. The minimum absolute atomic E-state index is 0.0310. The maximum atomic E-state index is 13.5. The van der Waals surface area contributed by atoms with E-state index in [0.29, 0.717) is 18.5 Å². The van der Waals surface area contributed by atoms with Crippen molar-refractivity contribution >= 4 is 115 Å². The fourth-order valence-corrected chi connectivity index (χ4v) is 11.4. The molecule has 2 aliphatic rings. The lowest BCUT2D eigenvalue weighted by atomic mass is 9.73. The molecule has 6 N–H and O–H groups in total. The summed E-state index contributed by atoms with van der Waals surface area (Å²) in [6.45, 7) is 4.26. The van der Waals surface area contributed by atoms with E-state index in [2.05, 4.69) is 31.9 Å². The number of nitrogens with zero attached hydrogens (tertiary/aromatic N) is 2. The predicted molar refractivity (Wildman–Crippen MR) is 344 cm³/mol. The highest BCUT2D eigenvalue weighted by Gasteiger charge is 2.57. The second kappa shape index (κ2) is 47.0. The van der Waals surface area contributed by atoms with Gasteiger partial charge < -0.3 is 79.4 Å². The molecule has 1 atom stereocenters. The lowest BCUT2D eigenvalue weighted by molar-refractivity contribution is -0.155. The first-order valence-electron chi connectivity index (χ1n) is 31.4. The van der Waals surface area contributed by atoms with Gasteiger partial charge in [0.2, 0.25) is 58.6 Å². The Labute approximate surface area is 565 Å². The molecule has 96 heavy (non-hydrogen) atoms. The smallest absolute Gasteiger partial charge is 0.250 e. The van der Waals surface area contributed by atoms with Crippen LogP contribution in [0.25, 0.3) is 0 Å². The molecule has 9 amide bonds. The first-order chi connectivity index (χ1) is 46.0. The van der Waals surface area contributed by atoms with Crippen LogP contribution in [0.3, 0.4) is 0 Å². The van der Waals surface area contributed by atoms with E-state index in [0.717, 1.165) is 36.1 Å². The van der Waals surface area contributed by atoms with Crippen LogP contribution in [0.2, 0.25) is 0 Å². The highest BCUT2D eigenvalue weighted by atomic mass is 33.2. The van der Waals surface area contributed by atoms with Gasteiger partial charge in [0.25, 0.3) is 0 Å². The van der Waals surface area contributed by atoms with Crippen LogP contribution >= 0.6 is 21.6 Å². The molecule has 3 rings (SSSR count). The van der Waals surface area contributed by atoms with Crippen LogP contribution < -0.4 is 31.9 Å². The number of Topliss-reactive ketones (excluding diaryl/α,β-unsaturated/α-hetero) is 6. The van der Waals surface area contributed by atoms with Gasteiger partial charge in [0.1, 0.15) is 32.9 Å². The van der Waals surface area contributed by atoms with E-state index >= 15 is 0 Å². The van der Waals surface area contributed by atoms with Crippen LogP contribution in [0.4, 0.5) is 5.69 Å². The Morgan fingerprint density at radius 2 is 1.00 bits per heavy atom. The number of hydrogen-bond acceptors (Lipinski definition) is 26. The number of carbonyl (C=O) groups is 15. The molecular weight excluding hydrogens is 1300 g/mol. The normalized spacial score (nSPS) is 13.9. The van der Waals surface area contributed by atoms with Crippen LogP contribution in [0.15, 0.2) is 24.3 Å². The van der Waals surface area contributed by atoms with Crippen LogP contribution in [-0.4, -0.2) is 274 Å². The fraction of sp³-hybridized carbons (Fsp3) is 0.661. The predicted octanol–water partition coefficient (Wildman–Crippen LogP) is -1.36. The zero-order chi connectivity index (χ0) is 70.7. The Hall–Kier alpha value is -6.99. The highest BCUT2D eigenvalue weighted by molar-refractivity contribution is 8.94.